The molecule has 0 saturated heterocycles. The molecule has 1 heterocycles. The maximum atomic E-state index is 12.1. The number of aromatic nitrogens is 2. The van der Waals surface area contributed by atoms with Crippen LogP contribution in [0.15, 0.2) is 29.1 Å². The number of aldehydes is 1. The van der Waals surface area contributed by atoms with Crippen molar-refractivity contribution in [3.8, 4) is 17.0 Å². The van der Waals surface area contributed by atoms with Crippen LogP contribution in [0.25, 0.3) is 11.3 Å². The lowest BCUT2D eigenvalue weighted by molar-refractivity contribution is 0.112. The lowest BCUT2D eigenvalue weighted by Gasteiger charge is -2.10. The molecule has 1 aromatic carbocycles. The van der Waals surface area contributed by atoms with Crippen molar-refractivity contribution in [2.24, 2.45) is 0 Å². The van der Waals surface area contributed by atoms with E-state index in [9.17, 15) is 9.59 Å². The SMILES string of the molecule is COCCn1nc(-c2ccc(OC)c(C)c2)cc(C=O)c1=O. The summed E-state index contributed by atoms with van der Waals surface area (Å²) in [7, 11) is 3.15. The van der Waals surface area contributed by atoms with Gasteiger partial charge in [-0.05, 0) is 36.8 Å². The molecule has 0 radical (unpaired) electrons. The number of benzene rings is 1. The van der Waals surface area contributed by atoms with Crippen molar-refractivity contribution in [3.63, 3.8) is 0 Å². The fourth-order valence-corrected chi connectivity index (χ4v) is 2.15. The molecule has 0 saturated carbocycles. The minimum Gasteiger partial charge on any atom is -0.496 e. The minimum atomic E-state index is -0.416. The van der Waals surface area contributed by atoms with E-state index in [0.717, 1.165) is 16.9 Å². The summed E-state index contributed by atoms with van der Waals surface area (Å²) >= 11 is 0. The second kappa shape index (κ2) is 7.00. The Kier molecular flexibility index (Phi) is 5.06. The zero-order chi connectivity index (χ0) is 16.1. The first kappa shape index (κ1) is 15.9. The van der Waals surface area contributed by atoms with E-state index in [1.54, 1.807) is 14.2 Å². The highest BCUT2D eigenvalue weighted by atomic mass is 16.5. The summed E-state index contributed by atoms with van der Waals surface area (Å²) in [6.07, 6.45) is 0.549. The summed E-state index contributed by atoms with van der Waals surface area (Å²) in [5.74, 6) is 0.770. The van der Waals surface area contributed by atoms with Crippen LogP contribution in [0.2, 0.25) is 0 Å². The van der Waals surface area contributed by atoms with Gasteiger partial charge in [-0.3, -0.25) is 9.59 Å². The van der Waals surface area contributed by atoms with Gasteiger partial charge in [0.25, 0.3) is 5.56 Å². The molecule has 0 bridgehead atoms. The van der Waals surface area contributed by atoms with E-state index in [-0.39, 0.29) is 5.56 Å². The van der Waals surface area contributed by atoms with Crippen LogP contribution in [0, 0.1) is 6.92 Å². The monoisotopic (exact) mass is 302 g/mol. The number of methoxy groups -OCH3 is 2. The molecule has 0 fully saturated rings. The number of hydrogen-bond acceptors (Lipinski definition) is 5. The average molecular weight is 302 g/mol. The molecule has 1 aromatic heterocycles. The van der Waals surface area contributed by atoms with Gasteiger partial charge in [-0.15, -0.1) is 0 Å². The number of carbonyl (C=O) groups excluding carboxylic acids is 1. The topological polar surface area (TPSA) is 70.4 Å². The Morgan fingerprint density at radius 3 is 2.64 bits per heavy atom. The molecule has 0 aliphatic heterocycles. The molecule has 6 heteroatoms. The van der Waals surface area contributed by atoms with Gasteiger partial charge >= 0.3 is 0 Å². The molecule has 2 rings (SSSR count). The highest BCUT2D eigenvalue weighted by Gasteiger charge is 2.10. The number of hydrogen-bond donors (Lipinski definition) is 0. The summed E-state index contributed by atoms with van der Waals surface area (Å²) in [5, 5.41) is 4.31. The van der Waals surface area contributed by atoms with Gasteiger partial charge in [0.15, 0.2) is 6.29 Å². The molecule has 0 amide bonds. The Morgan fingerprint density at radius 2 is 2.05 bits per heavy atom. The fraction of sp³-hybridized carbons (Fsp3) is 0.312. The Hall–Kier alpha value is -2.47. The van der Waals surface area contributed by atoms with E-state index in [1.807, 2.05) is 25.1 Å². The van der Waals surface area contributed by atoms with Crippen LogP contribution in [-0.4, -0.2) is 36.9 Å². The predicted octanol–water partition coefficient (Wildman–Crippen LogP) is 1.69. The Labute approximate surface area is 128 Å². The normalized spacial score (nSPS) is 10.5. The van der Waals surface area contributed by atoms with E-state index >= 15 is 0 Å². The molecule has 0 atom stereocenters. The van der Waals surface area contributed by atoms with Gasteiger partial charge in [0.2, 0.25) is 0 Å². The second-order valence-corrected chi connectivity index (χ2v) is 4.81. The molecule has 116 valence electrons. The molecular weight excluding hydrogens is 284 g/mol. The van der Waals surface area contributed by atoms with Crippen LogP contribution in [0.4, 0.5) is 0 Å². The summed E-state index contributed by atoms with van der Waals surface area (Å²) in [5.41, 5.74) is 1.98. The highest BCUT2D eigenvalue weighted by Crippen LogP contribution is 2.24. The number of aryl methyl sites for hydroxylation is 1. The van der Waals surface area contributed by atoms with Crippen LogP contribution in [0.5, 0.6) is 5.75 Å². The van der Waals surface area contributed by atoms with E-state index in [2.05, 4.69) is 5.10 Å². The highest BCUT2D eigenvalue weighted by molar-refractivity contribution is 5.77. The lowest BCUT2D eigenvalue weighted by Crippen LogP contribution is -2.28. The quantitative estimate of drug-likeness (QED) is 0.759. The molecule has 0 aliphatic rings. The summed E-state index contributed by atoms with van der Waals surface area (Å²) in [6.45, 7) is 2.55. The zero-order valence-corrected chi connectivity index (χ0v) is 12.8. The van der Waals surface area contributed by atoms with E-state index < -0.39 is 5.56 Å². The van der Waals surface area contributed by atoms with Crippen molar-refractivity contribution in [2.75, 3.05) is 20.8 Å². The third kappa shape index (κ3) is 3.23. The summed E-state index contributed by atoms with van der Waals surface area (Å²) in [6, 6.07) is 7.08. The van der Waals surface area contributed by atoms with Crippen molar-refractivity contribution < 1.29 is 14.3 Å². The second-order valence-electron chi connectivity index (χ2n) is 4.81. The number of nitrogens with zero attached hydrogens (tertiary/aromatic N) is 2. The van der Waals surface area contributed by atoms with Gasteiger partial charge in [-0.1, -0.05) is 0 Å². The van der Waals surface area contributed by atoms with Gasteiger partial charge in [0.05, 0.1) is 31.5 Å². The first-order valence-electron chi connectivity index (χ1n) is 6.82. The van der Waals surface area contributed by atoms with Crippen LogP contribution >= 0.6 is 0 Å². The van der Waals surface area contributed by atoms with Crippen molar-refractivity contribution in [1.82, 2.24) is 9.78 Å². The number of ether oxygens (including phenoxy) is 2. The molecular formula is C16H18N2O4. The molecule has 0 N–H and O–H groups in total. The van der Waals surface area contributed by atoms with Gasteiger partial charge in [-0.25, -0.2) is 4.68 Å². The third-order valence-corrected chi connectivity index (χ3v) is 3.33. The van der Waals surface area contributed by atoms with E-state index in [0.29, 0.717) is 25.1 Å². The van der Waals surface area contributed by atoms with Crippen molar-refractivity contribution in [2.45, 2.75) is 13.5 Å². The molecule has 0 aliphatic carbocycles. The van der Waals surface area contributed by atoms with Crippen LogP contribution in [0.1, 0.15) is 15.9 Å². The lowest BCUT2D eigenvalue weighted by atomic mass is 10.1. The summed E-state index contributed by atoms with van der Waals surface area (Å²) in [4.78, 5) is 23.2. The Morgan fingerprint density at radius 1 is 1.27 bits per heavy atom. The maximum Gasteiger partial charge on any atom is 0.277 e. The molecule has 6 nitrogen and oxygen atoms in total. The Balaban J connectivity index is 2.52. The van der Waals surface area contributed by atoms with Crippen molar-refractivity contribution in [1.29, 1.82) is 0 Å². The third-order valence-electron chi connectivity index (χ3n) is 3.33. The molecule has 22 heavy (non-hydrogen) atoms. The van der Waals surface area contributed by atoms with E-state index in [4.69, 9.17) is 9.47 Å². The number of rotatable bonds is 6. The minimum absolute atomic E-state index is 0.0783. The van der Waals surface area contributed by atoms with Crippen molar-refractivity contribution in [3.05, 3.63) is 45.7 Å². The van der Waals surface area contributed by atoms with Crippen LogP contribution in [-0.2, 0) is 11.3 Å². The van der Waals surface area contributed by atoms with Crippen molar-refractivity contribution >= 4 is 6.29 Å². The van der Waals surface area contributed by atoms with Gasteiger partial charge in [-0.2, -0.15) is 5.10 Å². The summed E-state index contributed by atoms with van der Waals surface area (Å²) < 4.78 is 11.4. The number of carbonyl (C=O) groups is 1. The van der Waals surface area contributed by atoms with Gasteiger partial charge in [0.1, 0.15) is 5.75 Å². The first-order chi connectivity index (χ1) is 10.6. The molecule has 0 unspecified atom stereocenters. The van der Waals surface area contributed by atoms with Gasteiger partial charge < -0.3 is 9.47 Å². The molecule has 2 aromatic rings. The smallest absolute Gasteiger partial charge is 0.277 e. The zero-order valence-electron chi connectivity index (χ0n) is 12.8. The first-order valence-corrected chi connectivity index (χ1v) is 6.82. The predicted molar refractivity (Wildman–Crippen MR) is 82.5 cm³/mol. The molecule has 0 spiro atoms. The van der Waals surface area contributed by atoms with Gasteiger partial charge in [0, 0.05) is 12.7 Å². The maximum absolute atomic E-state index is 12.1. The van der Waals surface area contributed by atoms with Crippen LogP contribution in [0.3, 0.4) is 0 Å². The average Bonchev–Trinajstić information content (AvgIpc) is 2.53. The largest absolute Gasteiger partial charge is 0.496 e. The van der Waals surface area contributed by atoms with E-state index in [1.165, 1.54) is 10.7 Å². The Bertz CT molecular complexity index is 737. The van der Waals surface area contributed by atoms with Crippen LogP contribution < -0.4 is 10.3 Å². The fourth-order valence-electron chi connectivity index (χ4n) is 2.15. The standard InChI is InChI=1S/C16H18N2O4/c1-11-8-12(4-5-15(11)22-3)14-9-13(10-19)16(20)18(17-14)6-7-21-2/h4-5,8-10H,6-7H2,1-3H3.